The van der Waals surface area contributed by atoms with Crippen LogP contribution in [0.2, 0.25) is 0 Å². The van der Waals surface area contributed by atoms with Crippen LogP contribution in [-0.2, 0) is 9.47 Å². The standard InChI is InChI=1S/C30H32N2O4/c1-31-14-10-20(11-15-31)35-29(33)19-6-7-22-23-4-3-5-24-26(9-8-25(28(23)24)27(22)18-19)30(34)36-21-12-16-32(2)17-13-21/h3-9,18,20-21H,10-17H2,1-2H3. The summed E-state index contributed by atoms with van der Waals surface area (Å²) in [6.07, 6.45) is 3.41. The van der Waals surface area contributed by atoms with E-state index in [2.05, 4.69) is 30.0 Å². The normalized spacial score (nSPS) is 18.8. The van der Waals surface area contributed by atoms with Crippen LogP contribution in [0.1, 0.15) is 46.4 Å². The highest BCUT2D eigenvalue weighted by Gasteiger charge is 2.28. The van der Waals surface area contributed by atoms with E-state index < -0.39 is 0 Å². The van der Waals surface area contributed by atoms with E-state index >= 15 is 0 Å². The molecule has 0 saturated carbocycles. The highest BCUT2D eigenvalue weighted by molar-refractivity contribution is 6.20. The Morgan fingerprint density at radius 2 is 1.28 bits per heavy atom. The van der Waals surface area contributed by atoms with Crippen LogP contribution in [0.5, 0.6) is 0 Å². The van der Waals surface area contributed by atoms with Crippen molar-refractivity contribution in [1.29, 1.82) is 0 Å². The SMILES string of the molecule is CN1CCC(OC(=O)c2ccc3c(c2)-c2ccc(C(=O)OC4CCN(C)CC4)c4cccc-3c24)CC1. The van der Waals surface area contributed by atoms with Crippen LogP contribution < -0.4 is 0 Å². The first-order valence-electron chi connectivity index (χ1n) is 13.0. The van der Waals surface area contributed by atoms with E-state index in [4.69, 9.17) is 9.47 Å². The van der Waals surface area contributed by atoms with Crippen LogP contribution in [0.15, 0.2) is 48.5 Å². The average molecular weight is 485 g/mol. The maximum absolute atomic E-state index is 13.2. The molecule has 186 valence electrons. The first-order chi connectivity index (χ1) is 17.5. The number of rotatable bonds is 4. The second-order valence-corrected chi connectivity index (χ2v) is 10.5. The molecule has 6 rings (SSSR count). The van der Waals surface area contributed by atoms with Gasteiger partial charge in [0.2, 0.25) is 0 Å². The van der Waals surface area contributed by atoms with Gasteiger partial charge < -0.3 is 19.3 Å². The van der Waals surface area contributed by atoms with Gasteiger partial charge in [-0.05, 0) is 91.0 Å². The predicted octanol–water partition coefficient (Wildman–Crippen LogP) is 4.99. The van der Waals surface area contributed by atoms with Crippen molar-refractivity contribution in [2.45, 2.75) is 37.9 Å². The van der Waals surface area contributed by atoms with Crippen LogP contribution in [0.3, 0.4) is 0 Å². The van der Waals surface area contributed by atoms with Gasteiger partial charge >= 0.3 is 11.9 Å². The van der Waals surface area contributed by atoms with Gasteiger partial charge in [-0.1, -0.05) is 30.3 Å². The molecule has 36 heavy (non-hydrogen) atoms. The number of esters is 2. The minimum atomic E-state index is -0.266. The molecule has 6 nitrogen and oxygen atoms in total. The molecule has 0 bridgehead atoms. The Hall–Kier alpha value is -3.22. The minimum absolute atomic E-state index is 0.0271. The molecule has 0 aromatic heterocycles. The molecule has 0 amide bonds. The number of likely N-dealkylation sites (tertiary alicyclic amines) is 2. The van der Waals surface area contributed by atoms with E-state index in [9.17, 15) is 9.59 Å². The first kappa shape index (κ1) is 23.2. The lowest BCUT2D eigenvalue weighted by atomic mass is 9.98. The Kier molecular flexibility index (Phi) is 6.02. The topological polar surface area (TPSA) is 59.1 Å². The van der Waals surface area contributed by atoms with Crippen molar-refractivity contribution >= 4 is 22.7 Å². The number of nitrogens with zero attached hydrogens (tertiary/aromatic N) is 2. The molecular weight excluding hydrogens is 452 g/mol. The molecular formula is C30H32N2O4. The van der Waals surface area contributed by atoms with Crippen molar-refractivity contribution in [2.75, 3.05) is 40.3 Å². The van der Waals surface area contributed by atoms with Crippen LogP contribution in [0.4, 0.5) is 0 Å². The van der Waals surface area contributed by atoms with Gasteiger partial charge in [-0.25, -0.2) is 9.59 Å². The lowest BCUT2D eigenvalue weighted by Crippen LogP contribution is -2.35. The molecule has 2 fully saturated rings. The largest absolute Gasteiger partial charge is 0.459 e. The Balaban J connectivity index is 1.28. The monoisotopic (exact) mass is 484 g/mol. The summed E-state index contributed by atoms with van der Waals surface area (Å²) < 4.78 is 11.7. The van der Waals surface area contributed by atoms with E-state index in [1.54, 1.807) is 0 Å². The average Bonchev–Trinajstić information content (AvgIpc) is 3.21. The zero-order chi connectivity index (χ0) is 24.8. The van der Waals surface area contributed by atoms with Crippen LogP contribution >= 0.6 is 0 Å². The molecule has 1 aliphatic carbocycles. The number of hydrogen-bond acceptors (Lipinski definition) is 6. The van der Waals surface area contributed by atoms with Crippen molar-refractivity contribution in [1.82, 2.24) is 9.80 Å². The van der Waals surface area contributed by atoms with Gasteiger partial charge in [0.25, 0.3) is 0 Å². The fourth-order valence-corrected chi connectivity index (χ4v) is 5.80. The summed E-state index contributed by atoms with van der Waals surface area (Å²) in [4.78, 5) is 30.7. The van der Waals surface area contributed by atoms with Gasteiger partial charge in [0, 0.05) is 26.2 Å². The highest BCUT2D eigenvalue weighted by Crippen LogP contribution is 2.48. The van der Waals surface area contributed by atoms with Gasteiger partial charge in [-0.15, -0.1) is 0 Å². The number of carbonyl (C=O) groups excluding carboxylic acids is 2. The molecule has 3 aromatic carbocycles. The minimum Gasteiger partial charge on any atom is -0.459 e. The summed E-state index contributed by atoms with van der Waals surface area (Å²) in [6, 6.07) is 15.7. The number of benzene rings is 3. The summed E-state index contributed by atoms with van der Waals surface area (Å²) in [5.74, 6) is -0.524. The van der Waals surface area contributed by atoms with Gasteiger partial charge in [0.1, 0.15) is 12.2 Å². The fraction of sp³-hybridized carbons (Fsp3) is 0.400. The van der Waals surface area contributed by atoms with Gasteiger partial charge in [0.05, 0.1) is 11.1 Å². The number of piperidine rings is 2. The Bertz CT molecular complexity index is 1330. The lowest BCUT2D eigenvalue weighted by molar-refractivity contribution is 0.0132. The van der Waals surface area contributed by atoms with Crippen LogP contribution in [0.25, 0.3) is 33.0 Å². The second kappa shape index (κ2) is 9.34. The number of fused-ring (bicyclic) bond motifs is 3. The second-order valence-electron chi connectivity index (χ2n) is 10.5. The van der Waals surface area contributed by atoms with Crippen molar-refractivity contribution in [3.63, 3.8) is 0 Å². The molecule has 0 unspecified atom stereocenters. The number of hydrogen-bond donors (Lipinski definition) is 0. The van der Waals surface area contributed by atoms with Gasteiger partial charge in [-0.3, -0.25) is 0 Å². The third-order valence-electron chi connectivity index (χ3n) is 7.97. The summed E-state index contributed by atoms with van der Waals surface area (Å²) in [5.41, 5.74) is 5.38. The maximum atomic E-state index is 13.2. The Labute approximate surface area is 211 Å². The third-order valence-corrected chi connectivity index (χ3v) is 7.97. The zero-order valence-electron chi connectivity index (χ0n) is 21.0. The molecule has 2 aliphatic heterocycles. The molecule has 3 aliphatic rings. The van der Waals surface area contributed by atoms with Crippen LogP contribution in [0, 0.1) is 0 Å². The predicted molar refractivity (Wildman–Crippen MR) is 140 cm³/mol. The Morgan fingerprint density at radius 3 is 1.94 bits per heavy atom. The summed E-state index contributed by atoms with van der Waals surface area (Å²) in [7, 11) is 4.19. The highest BCUT2D eigenvalue weighted by atomic mass is 16.5. The van der Waals surface area contributed by atoms with Crippen molar-refractivity contribution in [3.8, 4) is 22.3 Å². The van der Waals surface area contributed by atoms with Crippen molar-refractivity contribution < 1.29 is 19.1 Å². The van der Waals surface area contributed by atoms with Gasteiger partial charge in [0.15, 0.2) is 0 Å². The van der Waals surface area contributed by atoms with Crippen molar-refractivity contribution in [3.05, 3.63) is 59.7 Å². The molecule has 0 spiro atoms. The molecule has 0 N–H and O–H groups in total. The van der Waals surface area contributed by atoms with Crippen molar-refractivity contribution in [2.24, 2.45) is 0 Å². The molecule has 6 heteroatoms. The molecule has 2 saturated heterocycles. The number of carbonyl (C=O) groups is 2. The lowest BCUT2D eigenvalue weighted by Gasteiger charge is -2.28. The zero-order valence-corrected chi connectivity index (χ0v) is 21.0. The molecule has 3 aromatic rings. The van der Waals surface area contributed by atoms with Gasteiger partial charge in [-0.2, -0.15) is 0 Å². The summed E-state index contributed by atoms with van der Waals surface area (Å²) in [6.45, 7) is 3.78. The smallest absolute Gasteiger partial charge is 0.339 e. The van der Waals surface area contributed by atoms with E-state index in [1.165, 1.54) is 0 Å². The molecule has 0 radical (unpaired) electrons. The van der Waals surface area contributed by atoms with Crippen LogP contribution in [-0.4, -0.2) is 74.2 Å². The summed E-state index contributed by atoms with van der Waals surface area (Å²) in [5, 5.41) is 1.95. The number of ether oxygens (including phenoxy) is 2. The summed E-state index contributed by atoms with van der Waals surface area (Å²) >= 11 is 0. The van der Waals surface area contributed by atoms with E-state index in [-0.39, 0.29) is 24.1 Å². The first-order valence-corrected chi connectivity index (χ1v) is 13.0. The maximum Gasteiger partial charge on any atom is 0.339 e. The van der Waals surface area contributed by atoms with E-state index in [0.29, 0.717) is 11.1 Å². The van der Waals surface area contributed by atoms with E-state index in [0.717, 1.165) is 84.9 Å². The third kappa shape index (κ3) is 4.18. The quantitative estimate of drug-likeness (QED) is 0.381. The fourth-order valence-electron chi connectivity index (χ4n) is 5.80. The molecule has 2 heterocycles. The van der Waals surface area contributed by atoms with E-state index in [1.807, 2.05) is 42.5 Å². The molecule has 0 atom stereocenters. The Morgan fingerprint density at radius 1 is 0.694 bits per heavy atom.